The van der Waals surface area contributed by atoms with Gasteiger partial charge in [-0.3, -0.25) is 13.9 Å². The van der Waals surface area contributed by atoms with Crippen molar-refractivity contribution in [2.45, 2.75) is 53.2 Å². The number of carbonyl (C=O) groups excluding carboxylic acids is 2. The Balaban J connectivity index is 2.35. The molecule has 0 aliphatic heterocycles. The fourth-order valence-electron chi connectivity index (χ4n) is 3.37. The van der Waals surface area contributed by atoms with Crippen LogP contribution in [-0.4, -0.2) is 56.6 Å². The zero-order valence-electron chi connectivity index (χ0n) is 20.7. The molecule has 186 valence electrons. The van der Waals surface area contributed by atoms with Crippen LogP contribution in [0.4, 0.5) is 5.69 Å². The van der Waals surface area contributed by atoms with E-state index in [0.717, 1.165) is 21.7 Å². The van der Waals surface area contributed by atoms with Crippen LogP contribution in [0.15, 0.2) is 48.5 Å². The standard InChI is InChI=1S/C25H35N3O5S/c1-7-33-23-14-12-22(13-15-23)28(34(6,31)32)17-24(29)27(20(5)25(30)26-18(2)3)16-21-10-8-19(4)9-11-21/h8-15,18,20H,7,16-17H2,1-6H3,(H,26,30). The summed E-state index contributed by atoms with van der Waals surface area (Å²) in [5.41, 5.74) is 2.26. The van der Waals surface area contributed by atoms with Gasteiger partial charge in [0.25, 0.3) is 0 Å². The molecule has 2 amide bonds. The van der Waals surface area contributed by atoms with Gasteiger partial charge in [-0.25, -0.2) is 8.42 Å². The molecule has 1 N–H and O–H groups in total. The van der Waals surface area contributed by atoms with Gasteiger partial charge < -0.3 is 15.0 Å². The molecule has 0 aromatic heterocycles. The number of hydrogen-bond donors (Lipinski definition) is 1. The van der Waals surface area contributed by atoms with E-state index in [1.54, 1.807) is 31.2 Å². The summed E-state index contributed by atoms with van der Waals surface area (Å²) in [6, 6.07) is 13.3. The summed E-state index contributed by atoms with van der Waals surface area (Å²) in [6.07, 6.45) is 1.05. The summed E-state index contributed by atoms with van der Waals surface area (Å²) in [7, 11) is -3.77. The Morgan fingerprint density at radius 2 is 1.59 bits per heavy atom. The average Bonchev–Trinajstić information content (AvgIpc) is 2.76. The Bertz CT molecular complexity index is 1070. The number of nitrogens with zero attached hydrogens (tertiary/aromatic N) is 2. The lowest BCUT2D eigenvalue weighted by molar-refractivity contribution is -0.139. The molecule has 0 aliphatic rings. The van der Waals surface area contributed by atoms with Gasteiger partial charge in [0.05, 0.1) is 18.6 Å². The zero-order chi connectivity index (χ0) is 25.5. The van der Waals surface area contributed by atoms with Crippen LogP contribution in [0.25, 0.3) is 0 Å². The topological polar surface area (TPSA) is 96.0 Å². The normalized spacial score (nSPS) is 12.2. The lowest BCUT2D eigenvalue weighted by Gasteiger charge is -2.32. The number of sulfonamides is 1. The van der Waals surface area contributed by atoms with Crippen molar-refractivity contribution in [1.29, 1.82) is 0 Å². The zero-order valence-corrected chi connectivity index (χ0v) is 21.6. The smallest absolute Gasteiger partial charge is 0.244 e. The summed E-state index contributed by atoms with van der Waals surface area (Å²) in [5, 5.41) is 2.83. The van der Waals surface area contributed by atoms with Crippen LogP contribution in [0, 0.1) is 6.92 Å². The largest absolute Gasteiger partial charge is 0.494 e. The SMILES string of the molecule is CCOc1ccc(N(CC(=O)N(Cc2ccc(C)cc2)C(C)C(=O)NC(C)C)S(C)(=O)=O)cc1. The maximum Gasteiger partial charge on any atom is 0.244 e. The van der Waals surface area contributed by atoms with Gasteiger partial charge in [0.1, 0.15) is 18.3 Å². The van der Waals surface area contributed by atoms with E-state index in [9.17, 15) is 18.0 Å². The Hall–Kier alpha value is -3.07. The third kappa shape index (κ3) is 7.76. The summed E-state index contributed by atoms with van der Waals surface area (Å²) >= 11 is 0. The maximum atomic E-state index is 13.5. The highest BCUT2D eigenvalue weighted by atomic mass is 32.2. The third-order valence-corrected chi connectivity index (χ3v) is 6.33. The first kappa shape index (κ1) is 27.2. The average molecular weight is 490 g/mol. The monoisotopic (exact) mass is 489 g/mol. The van der Waals surface area contributed by atoms with Crippen molar-refractivity contribution in [2.75, 3.05) is 23.7 Å². The van der Waals surface area contributed by atoms with Gasteiger partial charge in [-0.15, -0.1) is 0 Å². The Kier molecular flexibility index (Phi) is 9.49. The molecule has 1 unspecified atom stereocenters. The molecule has 9 heteroatoms. The van der Waals surface area contributed by atoms with E-state index in [1.807, 2.05) is 52.0 Å². The Morgan fingerprint density at radius 3 is 2.09 bits per heavy atom. The van der Waals surface area contributed by atoms with Gasteiger partial charge >= 0.3 is 0 Å². The summed E-state index contributed by atoms with van der Waals surface area (Å²) in [6.45, 7) is 9.37. The number of nitrogens with one attached hydrogen (secondary N) is 1. The van der Waals surface area contributed by atoms with Gasteiger partial charge in [-0.2, -0.15) is 0 Å². The van der Waals surface area contributed by atoms with Crippen LogP contribution >= 0.6 is 0 Å². The van der Waals surface area contributed by atoms with Crippen molar-refractivity contribution in [3.63, 3.8) is 0 Å². The van der Waals surface area contributed by atoms with Crippen LogP contribution in [0.3, 0.4) is 0 Å². The summed E-state index contributed by atoms with van der Waals surface area (Å²) in [5.74, 6) is -0.181. The molecule has 1 atom stereocenters. The van der Waals surface area contributed by atoms with Gasteiger partial charge in [-0.05, 0) is 64.4 Å². The molecule has 0 aliphatic carbocycles. The summed E-state index contributed by atoms with van der Waals surface area (Å²) in [4.78, 5) is 27.6. The lowest BCUT2D eigenvalue weighted by atomic mass is 10.1. The van der Waals surface area contributed by atoms with E-state index >= 15 is 0 Å². The van der Waals surface area contributed by atoms with Gasteiger partial charge in [-0.1, -0.05) is 29.8 Å². The maximum absolute atomic E-state index is 13.5. The number of ether oxygens (including phenoxy) is 1. The number of aryl methyl sites for hydroxylation is 1. The van der Waals surface area contributed by atoms with Crippen LogP contribution < -0.4 is 14.4 Å². The van der Waals surface area contributed by atoms with Crippen molar-refractivity contribution < 1.29 is 22.7 Å². The first-order valence-electron chi connectivity index (χ1n) is 11.3. The van der Waals surface area contributed by atoms with Crippen LogP contribution in [0.5, 0.6) is 5.75 Å². The molecule has 0 spiro atoms. The van der Waals surface area contributed by atoms with E-state index in [0.29, 0.717) is 18.0 Å². The van der Waals surface area contributed by atoms with Crippen LogP contribution in [-0.2, 0) is 26.2 Å². The molecule has 34 heavy (non-hydrogen) atoms. The number of carbonyl (C=O) groups is 2. The molecule has 0 radical (unpaired) electrons. The van der Waals surface area contributed by atoms with Gasteiger partial charge in [0.15, 0.2) is 0 Å². The van der Waals surface area contributed by atoms with Crippen molar-refractivity contribution in [3.05, 3.63) is 59.7 Å². The second-order valence-corrected chi connectivity index (χ2v) is 10.4. The molecule has 0 saturated heterocycles. The molecule has 0 heterocycles. The number of anilines is 1. The quantitative estimate of drug-likeness (QED) is 0.523. The Labute approximate surface area is 202 Å². The molecule has 2 aromatic rings. The van der Waals surface area contributed by atoms with E-state index in [-0.39, 0.29) is 18.5 Å². The molecule has 0 bridgehead atoms. The predicted molar refractivity (Wildman–Crippen MR) is 134 cm³/mol. The number of benzene rings is 2. The van der Waals surface area contributed by atoms with Crippen LogP contribution in [0.1, 0.15) is 38.8 Å². The molecule has 0 saturated carbocycles. The third-order valence-electron chi connectivity index (χ3n) is 5.19. The Morgan fingerprint density at radius 1 is 1.00 bits per heavy atom. The molecular weight excluding hydrogens is 454 g/mol. The molecule has 2 rings (SSSR count). The highest BCUT2D eigenvalue weighted by Crippen LogP contribution is 2.22. The molecular formula is C25H35N3O5S. The minimum Gasteiger partial charge on any atom is -0.494 e. The minimum atomic E-state index is -3.77. The van der Waals surface area contributed by atoms with E-state index in [2.05, 4.69) is 5.32 Å². The highest BCUT2D eigenvalue weighted by Gasteiger charge is 2.30. The minimum absolute atomic E-state index is 0.0948. The first-order chi connectivity index (χ1) is 15.9. The fourth-order valence-corrected chi connectivity index (χ4v) is 4.22. The lowest BCUT2D eigenvalue weighted by Crippen LogP contribution is -2.52. The second-order valence-electron chi connectivity index (χ2n) is 8.54. The van der Waals surface area contributed by atoms with Gasteiger partial charge in [0.2, 0.25) is 21.8 Å². The van der Waals surface area contributed by atoms with Crippen molar-refractivity contribution in [3.8, 4) is 5.75 Å². The molecule has 8 nitrogen and oxygen atoms in total. The highest BCUT2D eigenvalue weighted by molar-refractivity contribution is 7.92. The molecule has 2 aromatic carbocycles. The van der Waals surface area contributed by atoms with Crippen molar-refractivity contribution in [2.24, 2.45) is 0 Å². The van der Waals surface area contributed by atoms with E-state index < -0.39 is 28.5 Å². The van der Waals surface area contributed by atoms with E-state index in [4.69, 9.17) is 4.74 Å². The second kappa shape index (κ2) is 11.9. The molecule has 0 fully saturated rings. The predicted octanol–water partition coefficient (Wildman–Crippen LogP) is 3.10. The summed E-state index contributed by atoms with van der Waals surface area (Å²) < 4.78 is 31.6. The number of hydrogen-bond acceptors (Lipinski definition) is 5. The van der Waals surface area contributed by atoms with E-state index in [1.165, 1.54) is 4.90 Å². The first-order valence-corrected chi connectivity index (χ1v) is 13.1. The van der Waals surface area contributed by atoms with Crippen molar-refractivity contribution in [1.82, 2.24) is 10.2 Å². The fraction of sp³-hybridized carbons (Fsp3) is 0.440. The van der Waals surface area contributed by atoms with Crippen LogP contribution in [0.2, 0.25) is 0 Å². The number of amides is 2. The van der Waals surface area contributed by atoms with Crippen molar-refractivity contribution >= 4 is 27.5 Å². The number of rotatable bonds is 11. The van der Waals surface area contributed by atoms with Gasteiger partial charge in [0, 0.05) is 12.6 Å².